The van der Waals surface area contributed by atoms with Crippen LogP contribution >= 0.6 is 0 Å². The zero-order chi connectivity index (χ0) is 23.0. The first kappa shape index (κ1) is 21.6. The molecule has 0 aliphatic rings. The summed E-state index contributed by atoms with van der Waals surface area (Å²) in [6.07, 6.45) is 3.70. The number of aromatic amines is 2. The summed E-state index contributed by atoms with van der Waals surface area (Å²) in [7, 11) is 0. The van der Waals surface area contributed by atoms with Crippen LogP contribution in [0.4, 0.5) is 11.6 Å². The highest BCUT2D eigenvalue weighted by molar-refractivity contribution is 6.03. The molecular formula is C25H30N6O. The fourth-order valence-corrected chi connectivity index (χ4v) is 4.08. The van der Waals surface area contributed by atoms with E-state index in [1.165, 1.54) is 0 Å². The molecule has 0 radical (unpaired) electrons. The smallest absolute Gasteiger partial charge is 0.323 e. The number of anilines is 2. The van der Waals surface area contributed by atoms with E-state index in [-0.39, 0.29) is 5.69 Å². The first-order valence-corrected chi connectivity index (χ1v) is 11.0. The summed E-state index contributed by atoms with van der Waals surface area (Å²) in [5.74, 6) is 1.66. The summed E-state index contributed by atoms with van der Waals surface area (Å²) in [5, 5.41) is 6.62. The first-order chi connectivity index (χ1) is 15.2. The Morgan fingerprint density at radius 3 is 1.44 bits per heavy atom. The van der Waals surface area contributed by atoms with Gasteiger partial charge in [0.15, 0.2) is 0 Å². The van der Waals surface area contributed by atoms with Gasteiger partial charge in [-0.2, -0.15) is 0 Å². The minimum absolute atomic E-state index is 0.232. The van der Waals surface area contributed by atoms with E-state index in [9.17, 15) is 4.79 Å². The maximum atomic E-state index is 12.4. The van der Waals surface area contributed by atoms with Gasteiger partial charge in [0.1, 0.15) is 11.6 Å². The number of hydrogen-bond acceptors (Lipinski definition) is 5. The van der Waals surface area contributed by atoms with E-state index in [2.05, 4.69) is 72.1 Å². The van der Waals surface area contributed by atoms with Gasteiger partial charge in [-0.15, -0.1) is 0 Å². The number of rotatable bonds is 6. The monoisotopic (exact) mass is 430 g/mol. The number of benzene rings is 1. The van der Waals surface area contributed by atoms with Gasteiger partial charge in [-0.3, -0.25) is 0 Å². The number of aromatic nitrogens is 4. The first-order valence-electron chi connectivity index (χ1n) is 11.0. The molecule has 0 spiro atoms. The molecule has 4 N–H and O–H groups in total. The van der Waals surface area contributed by atoms with Gasteiger partial charge in [0.2, 0.25) is 0 Å². The topological polar surface area (TPSA) is 98.5 Å². The van der Waals surface area contributed by atoms with Crippen LogP contribution in [-0.2, 0) is 0 Å². The molecule has 0 atom stereocenters. The zero-order valence-electron chi connectivity index (χ0n) is 19.4. The lowest BCUT2D eigenvalue weighted by Gasteiger charge is -2.17. The van der Waals surface area contributed by atoms with E-state index in [1.54, 1.807) is 0 Å². The standard InChI is InChI=1S/C25H30N6O/c1-13(2)28-19-9-7-17(11-26-19)21-15(5)16(6)22(24-23(21)30-25(32)31-24)18-8-10-20(27-12-18)29-14(3)4/h7-14H,1-6H3,(H,26,28)(H,27,29)(H2,30,31,32). The minimum Gasteiger partial charge on any atom is -0.368 e. The molecule has 3 heterocycles. The molecule has 0 aliphatic heterocycles. The van der Waals surface area contributed by atoms with Gasteiger partial charge < -0.3 is 20.6 Å². The van der Waals surface area contributed by atoms with E-state index in [4.69, 9.17) is 0 Å². The third-order valence-electron chi connectivity index (χ3n) is 5.52. The normalized spacial score (nSPS) is 11.5. The fraction of sp³-hybridized carbons (Fsp3) is 0.320. The van der Waals surface area contributed by atoms with Crippen molar-refractivity contribution in [1.82, 2.24) is 19.9 Å². The molecule has 3 aromatic heterocycles. The molecule has 0 saturated heterocycles. The fourth-order valence-electron chi connectivity index (χ4n) is 4.08. The van der Waals surface area contributed by atoms with Crippen molar-refractivity contribution in [3.05, 3.63) is 58.3 Å². The zero-order valence-corrected chi connectivity index (χ0v) is 19.4. The second-order valence-electron chi connectivity index (χ2n) is 8.79. The molecule has 4 aromatic rings. The Morgan fingerprint density at radius 2 is 1.12 bits per heavy atom. The van der Waals surface area contributed by atoms with Crippen LogP contribution in [-0.4, -0.2) is 32.0 Å². The summed E-state index contributed by atoms with van der Waals surface area (Å²) in [5.41, 5.74) is 7.40. The van der Waals surface area contributed by atoms with Crippen molar-refractivity contribution in [2.24, 2.45) is 0 Å². The van der Waals surface area contributed by atoms with Gasteiger partial charge >= 0.3 is 5.69 Å². The van der Waals surface area contributed by atoms with Gasteiger partial charge in [-0.25, -0.2) is 14.8 Å². The molecule has 0 aliphatic carbocycles. The van der Waals surface area contributed by atoms with Crippen molar-refractivity contribution in [2.45, 2.75) is 53.6 Å². The Kier molecular flexibility index (Phi) is 5.74. The van der Waals surface area contributed by atoms with Crippen LogP contribution in [0.1, 0.15) is 38.8 Å². The number of nitrogens with one attached hydrogen (secondary N) is 4. The van der Waals surface area contributed by atoms with Crippen LogP contribution < -0.4 is 16.3 Å². The van der Waals surface area contributed by atoms with Gasteiger partial charge in [0.05, 0.1) is 11.0 Å². The second kappa shape index (κ2) is 8.49. The van der Waals surface area contributed by atoms with E-state index in [1.807, 2.05) is 36.7 Å². The molecule has 166 valence electrons. The predicted octanol–water partition coefficient (Wildman–Crippen LogP) is 5.24. The van der Waals surface area contributed by atoms with Crippen LogP contribution in [0.25, 0.3) is 33.3 Å². The molecule has 0 saturated carbocycles. The van der Waals surface area contributed by atoms with E-state index in [0.29, 0.717) is 12.1 Å². The Labute approximate surface area is 187 Å². The number of pyridine rings is 2. The van der Waals surface area contributed by atoms with Crippen LogP contribution in [0.3, 0.4) is 0 Å². The van der Waals surface area contributed by atoms with E-state index >= 15 is 0 Å². The molecule has 1 aromatic carbocycles. The summed E-state index contributed by atoms with van der Waals surface area (Å²) in [4.78, 5) is 27.5. The Balaban J connectivity index is 1.86. The van der Waals surface area contributed by atoms with Crippen molar-refractivity contribution in [2.75, 3.05) is 10.6 Å². The molecule has 0 unspecified atom stereocenters. The number of nitrogens with zero attached hydrogens (tertiary/aromatic N) is 2. The highest BCUT2D eigenvalue weighted by Gasteiger charge is 2.20. The molecule has 7 heteroatoms. The number of hydrogen-bond donors (Lipinski definition) is 4. The van der Waals surface area contributed by atoms with Crippen molar-refractivity contribution in [1.29, 1.82) is 0 Å². The summed E-state index contributed by atoms with van der Waals surface area (Å²) in [6.45, 7) is 12.5. The Morgan fingerprint density at radius 1 is 0.719 bits per heavy atom. The molecular weight excluding hydrogens is 400 g/mol. The van der Waals surface area contributed by atoms with E-state index in [0.717, 1.165) is 56.0 Å². The summed E-state index contributed by atoms with van der Waals surface area (Å²) < 4.78 is 0. The van der Waals surface area contributed by atoms with E-state index < -0.39 is 0 Å². The average molecular weight is 431 g/mol. The van der Waals surface area contributed by atoms with Crippen LogP contribution in [0.15, 0.2) is 41.5 Å². The highest BCUT2D eigenvalue weighted by atomic mass is 16.1. The minimum atomic E-state index is -0.232. The van der Waals surface area contributed by atoms with Crippen LogP contribution in [0.5, 0.6) is 0 Å². The predicted molar refractivity (Wildman–Crippen MR) is 132 cm³/mol. The largest absolute Gasteiger partial charge is 0.368 e. The van der Waals surface area contributed by atoms with Crippen molar-refractivity contribution in [3.63, 3.8) is 0 Å². The van der Waals surface area contributed by atoms with Gasteiger partial charge in [0.25, 0.3) is 0 Å². The Bertz CT molecular complexity index is 1200. The lowest BCUT2D eigenvalue weighted by atomic mass is 9.89. The quantitative estimate of drug-likeness (QED) is 0.335. The molecule has 0 amide bonds. The van der Waals surface area contributed by atoms with Crippen molar-refractivity contribution >= 4 is 22.7 Å². The molecule has 32 heavy (non-hydrogen) atoms. The SMILES string of the molecule is Cc1c(C)c(-c2ccc(NC(C)C)nc2)c2[nH]c(=O)[nH]c2c1-c1ccc(NC(C)C)nc1. The second-order valence-corrected chi connectivity index (χ2v) is 8.79. The molecule has 0 fully saturated rings. The Hall–Kier alpha value is -3.61. The molecule has 7 nitrogen and oxygen atoms in total. The summed E-state index contributed by atoms with van der Waals surface area (Å²) >= 11 is 0. The number of imidazole rings is 1. The van der Waals surface area contributed by atoms with Crippen LogP contribution in [0.2, 0.25) is 0 Å². The maximum Gasteiger partial charge on any atom is 0.323 e. The maximum absolute atomic E-state index is 12.4. The molecule has 4 rings (SSSR count). The average Bonchev–Trinajstić information content (AvgIpc) is 3.10. The third kappa shape index (κ3) is 4.10. The molecule has 0 bridgehead atoms. The van der Waals surface area contributed by atoms with Gasteiger partial charge in [-0.1, -0.05) is 0 Å². The van der Waals surface area contributed by atoms with Gasteiger partial charge in [-0.05, 0) is 76.9 Å². The highest BCUT2D eigenvalue weighted by Crippen LogP contribution is 2.39. The van der Waals surface area contributed by atoms with Crippen molar-refractivity contribution < 1.29 is 0 Å². The summed E-state index contributed by atoms with van der Waals surface area (Å²) in [6, 6.07) is 8.63. The lowest BCUT2D eigenvalue weighted by Crippen LogP contribution is -2.10. The van der Waals surface area contributed by atoms with Gasteiger partial charge in [0, 0.05) is 46.7 Å². The number of H-pyrrole nitrogens is 2. The third-order valence-corrected chi connectivity index (χ3v) is 5.52. The van der Waals surface area contributed by atoms with Crippen LogP contribution in [0, 0.1) is 13.8 Å². The lowest BCUT2D eigenvalue weighted by molar-refractivity contribution is 0.889. The number of fused-ring (bicyclic) bond motifs is 1. The van der Waals surface area contributed by atoms with Crippen molar-refractivity contribution in [3.8, 4) is 22.3 Å².